The van der Waals surface area contributed by atoms with Crippen molar-refractivity contribution in [2.45, 2.75) is 89.7 Å². The Morgan fingerprint density at radius 1 is 0.506 bits per heavy atom. The first kappa shape index (κ1) is 77.9. The first-order valence-corrected chi connectivity index (χ1v) is 26.3. The number of nitrogens with two attached hydrogens (primary N) is 3. The molecule has 4 aromatic rings. The molecule has 4 aromatic carbocycles. The molecule has 0 spiro atoms. The van der Waals surface area contributed by atoms with Crippen molar-refractivity contribution in [3.63, 3.8) is 0 Å². The summed E-state index contributed by atoms with van der Waals surface area (Å²) in [6.07, 6.45) is -3.96. The summed E-state index contributed by atoms with van der Waals surface area (Å²) in [6, 6.07) is 30.6. The van der Waals surface area contributed by atoms with E-state index in [1.54, 1.807) is 0 Å². The Labute approximate surface area is 490 Å². The lowest BCUT2D eigenvalue weighted by molar-refractivity contribution is -0.193. The summed E-state index contributed by atoms with van der Waals surface area (Å²) in [7, 11) is 0. The van der Waals surface area contributed by atoms with Crippen molar-refractivity contribution >= 4 is 118 Å². The number of carboxylic acid groups (broad SMARTS) is 3. The fourth-order valence-electron chi connectivity index (χ4n) is 5.11. The molecule has 0 aliphatic heterocycles. The number of unbranched alkanes of at least 4 members (excludes halogenated alkanes) is 8. The van der Waals surface area contributed by atoms with Crippen LogP contribution in [-0.2, 0) is 19.1 Å². The Hall–Kier alpha value is -5.29. The second-order valence-corrected chi connectivity index (χ2v) is 19.0. The number of rotatable bonds is 20. The van der Waals surface area contributed by atoms with Crippen LogP contribution in [-0.4, -0.2) is 108 Å². The van der Waals surface area contributed by atoms with Crippen LogP contribution in [0.15, 0.2) is 125 Å². The van der Waals surface area contributed by atoms with Gasteiger partial charge in [-0.2, -0.15) is 39.5 Å². The number of hydrogen-bond acceptors (Lipinski definition) is 9. The summed E-state index contributed by atoms with van der Waals surface area (Å²) in [5.41, 5.74) is 20.8. The maximum atomic E-state index is 12.0. The van der Waals surface area contributed by atoms with Gasteiger partial charge in [-0.3, -0.25) is 20.2 Å². The van der Waals surface area contributed by atoms with E-state index in [-0.39, 0.29) is 24.2 Å². The number of carbonyl (C=O) groups is 4. The quantitative estimate of drug-likeness (QED) is 0.0178. The molecule has 79 heavy (non-hydrogen) atoms. The second kappa shape index (κ2) is 43.5. The third kappa shape index (κ3) is 42.3. The molecule has 0 aliphatic carbocycles. The molecule has 442 valence electrons. The number of ether oxygens (including phenoxy) is 1. The Kier molecular flexibility index (Phi) is 42.9. The first-order valence-electron chi connectivity index (χ1n) is 23.1. The van der Waals surface area contributed by atoms with Gasteiger partial charge in [0.1, 0.15) is 11.7 Å². The molecule has 0 saturated heterocycles. The fraction of sp³-hybridized carbons (Fsp3) is 0.380. The van der Waals surface area contributed by atoms with Gasteiger partial charge in [0.25, 0.3) is 5.91 Å². The largest absolute Gasteiger partial charge is 0.490 e. The van der Waals surface area contributed by atoms with Gasteiger partial charge < -0.3 is 42.6 Å². The van der Waals surface area contributed by atoms with Crippen molar-refractivity contribution in [3.05, 3.63) is 137 Å². The average Bonchev–Trinajstić information content (AvgIpc) is 3.36. The Balaban J connectivity index is -0.000000960. The zero-order chi connectivity index (χ0) is 59.9. The zero-order valence-electron chi connectivity index (χ0n) is 42.2. The Morgan fingerprint density at radius 3 is 1.06 bits per heavy atom. The van der Waals surface area contributed by atoms with Gasteiger partial charge in [0.2, 0.25) is 5.90 Å². The van der Waals surface area contributed by atoms with Crippen LogP contribution in [0.4, 0.5) is 39.5 Å². The Bertz CT molecular complexity index is 2370. The summed E-state index contributed by atoms with van der Waals surface area (Å²) in [6.45, 7) is 5.48. The zero-order valence-corrected chi connectivity index (χ0v) is 49.3. The summed E-state index contributed by atoms with van der Waals surface area (Å²) in [4.78, 5) is 47.5. The van der Waals surface area contributed by atoms with Gasteiger partial charge in [-0.05, 0) is 112 Å². The van der Waals surface area contributed by atoms with Crippen molar-refractivity contribution in [2.24, 2.45) is 27.2 Å². The number of nitrogens with zero attached hydrogens (tertiary/aromatic N) is 2. The molecule has 0 radical (unpaired) electrons. The van der Waals surface area contributed by atoms with E-state index in [2.05, 4.69) is 79.0 Å². The number of carboxylic acids is 3. The van der Waals surface area contributed by atoms with Crippen LogP contribution in [0.3, 0.4) is 0 Å². The summed E-state index contributed by atoms with van der Waals surface area (Å²) >= 11 is 13.5. The number of amides is 1. The van der Waals surface area contributed by atoms with Crippen LogP contribution in [0, 0.1) is 5.41 Å². The number of aliphatic imine (C=N–C) groups is 2. The van der Waals surface area contributed by atoms with Crippen LogP contribution in [0.5, 0.6) is 0 Å². The van der Waals surface area contributed by atoms with E-state index >= 15 is 0 Å². The first-order chi connectivity index (χ1) is 36.4. The molecule has 0 bridgehead atoms. The van der Waals surface area contributed by atoms with E-state index < -0.39 is 36.4 Å². The molecule has 29 heteroatoms. The van der Waals surface area contributed by atoms with Crippen molar-refractivity contribution < 1.29 is 78.7 Å². The highest BCUT2D eigenvalue weighted by Gasteiger charge is 2.39. The highest BCUT2D eigenvalue weighted by atomic mass is 79.9. The van der Waals surface area contributed by atoms with Crippen LogP contribution < -0.4 is 22.5 Å². The van der Waals surface area contributed by atoms with Gasteiger partial charge in [-0.25, -0.2) is 14.4 Å². The summed E-state index contributed by atoms with van der Waals surface area (Å²) in [5.74, 6) is -6.83. The van der Waals surface area contributed by atoms with Crippen molar-refractivity contribution in [1.29, 1.82) is 5.41 Å². The van der Waals surface area contributed by atoms with Gasteiger partial charge in [-0.1, -0.05) is 127 Å². The van der Waals surface area contributed by atoms with Crippen molar-refractivity contribution in [1.82, 2.24) is 5.32 Å². The molecular weight excluding hydrogens is 1350 g/mol. The van der Waals surface area contributed by atoms with Crippen molar-refractivity contribution in [2.75, 3.05) is 32.8 Å². The third-order valence-corrected chi connectivity index (χ3v) is 11.2. The van der Waals surface area contributed by atoms with Crippen molar-refractivity contribution in [3.8, 4) is 0 Å². The molecule has 0 saturated carbocycles. The molecule has 1 amide bonds. The smallest absolute Gasteiger partial charge is 0.478 e. The van der Waals surface area contributed by atoms with Crippen LogP contribution >= 0.6 is 76.1 Å². The highest BCUT2D eigenvalue weighted by molar-refractivity contribution is 9.11. The maximum absolute atomic E-state index is 12.0. The lowest BCUT2D eigenvalue weighted by Gasteiger charge is -2.05. The number of aliphatic carboxylic acids is 3. The lowest BCUT2D eigenvalue weighted by atomic mass is 10.1. The van der Waals surface area contributed by atoms with E-state index in [4.69, 9.17) is 57.1 Å². The molecule has 15 nitrogen and oxygen atoms in total. The molecule has 0 unspecified atom stereocenters. The number of alkyl halides is 9. The number of amidine groups is 2. The fourth-order valence-corrected chi connectivity index (χ4v) is 6.17. The van der Waals surface area contributed by atoms with E-state index in [0.29, 0.717) is 30.4 Å². The predicted octanol–water partition coefficient (Wildman–Crippen LogP) is 13.5. The molecule has 0 heterocycles. The van der Waals surface area contributed by atoms with E-state index in [1.807, 2.05) is 104 Å². The topological polar surface area (TPSA) is 277 Å². The maximum Gasteiger partial charge on any atom is 0.490 e. The van der Waals surface area contributed by atoms with E-state index in [9.17, 15) is 44.3 Å². The highest BCUT2D eigenvalue weighted by Crippen LogP contribution is 2.17. The SMILES string of the molecule is CCOC(=N)c1ccc(Br)cc1.Cl.NC(=NCCCCCCCNC(=O)c1ccc(Br)cc1)c1ccc(Br)cc1.NCCCCCCCN=C(N)c1ccc(Br)cc1.O=C(O)C(F)(F)F.O=C(O)C(F)(F)F.O=C(O)C(F)(F)F. The van der Waals surface area contributed by atoms with Gasteiger partial charge >= 0.3 is 36.4 Å². The number of halogens is 14. The summed E-state index contributed by atoms with van der Waals surface area (Å²) in [5, 5.41) is 31.8. The third-order valence-electron chi connectivity index (χ3n) is 9.06. The number of benzene rings is 4. The minimum absolute atomic E-state index is 0. The molecule has 11 N–H and O–H groups in total. The minimum atomic E-state index is -5.08. The molecule has 0 aliphatic rings. The van der Waals surface area contributed by atoms with Crippen LogP contribution in [0.1, 0.15) is 98.2 Å². The molecule has 0 atom stereocenters. The minimum Gasteiger partial charge on any atom is -0.478 e. The number of hydrogen-bond donors (Lipinski definition) is 8. The predicted molar refractivity (Wildman–Crippen MR) is 302 cm³/mol. The van der Waals surface area contributed by atoms with Gasteiger partial charge in [0.15, 0.2) is 0 Å². The van der Waals surface area contributed by atoms with Gasteiger partial charge in [0.05, 0.1) is 6.61 Å². The molecule has 0 aromatic heterocycles. The Morgan fingerprint density at radius 2 is 0.772 bits per heavy atom. The summed E-state index contributed by atoms with van der Waals surface area (Å²) < 4.78 is 104. The second-order valence-electron chi connectivity index (χ2n) is 15.3. The number of carbonyl (C=O) groups excluding carboxylic acids is 1. The number of nitrogens with one attached hydrogen (secondary N) is 2. The monoisotopic (exact) mass is 1410 g/mol. The van der Waals surface area contributed by atoms with E-state index in [0.717, 1.165) is 99.2 Å². The van der Waals surface area contributed by atoms with Crippen LogP contribution in [0.25, 0.3) is 0 Å². The molecule has 0 fully saturated rings. The van der Waals surface area contributed by atoms with Gasteiger partial charge in [-0.15, -0.1) is 12.4 Å². The average molecular weight is 1410 g/mol. The molecular formula is C50H61Br4ClF9N7O8. The lowest BCUT2D eigenvalue weighted by Crippen LogP contribution is -2.24. The van der Waals surface area contributed by atoms with E-state index in [1.165, 1.54) is 19.3 Å². The molecule has 4 rings (SSSR count). The normalized spacial score (nSPS) is 11.0. The van der Waals surface area contributed by atoms with Crippen LogP contribution in [0.2, 0.25) is 0 Å². The standard InChI is InChI=1S/C21H25Br2N3O.C14H22BrN3.C9H10BrNO.3C2HF3O2.ClH/c22-18-10-6-16(7-11-18)20(24)25-14-4-2-1-3-5-15-26-21(27)17-8-12-19(23)13-9-17;15-13-8-6-12(7-9-13)14(17)18-11-5-3-1-2-4-10-16;1-2-12-9(11)7-3-5-8(10)6-4-7;3*3-2(4,5)1(6)7;/h6-13H,1-5,14-15H2,(H2,24,25)(H,26,27);6-9H,1-5,10-11,16H2,(H2,17,18);3-6,11H,2H2,1H3;3*(H,6,7);1H. The van der Waals surface area contributed by atoms with Gasteiger partial charge in [0, 0.05) is 59.8 Å².